The van der Waals surface area contributed by atoms with Gasteiger partial charge in [-0.3, -0.25) is 4.90 Å². The molecule has 100 valence electrons. The van der Waals surface area contributed by atoms with Gasteiger partial charge in [0.2, 0.25) is 0 Å². The standard InChI is InChI=1S/C14H19BrFNO/c1-10-6-7-17(12(10)8-15)9-11-4-3-5-13(18-2)14(11)16/h3-5,10,12H,6-9H2,1-2H3. The van der Waals surface area contributed by atoms with Crippen LogP contribution < -0.4 is 4.74 Å². The summed E-state index contributed by atoms with van der Waals surface area (Å²) in [6.45, 7) is 3.95. The molecule has 18 heavy (non-hydrogen) atoms. The van der Waals surface area contributed by atoms with Gasteiger partial charge in [-0.15, -0.1) is 0 Å². The number of hydrogen-bond donors (Lipinski definition) is 0. The Kier molecular flexibility index (Phi) is 4.62. The average molecular weight is 316 g/mol. The maximum atomic E-state index is 14.1. The molecule has 4 heteroatoms. The fourth-order valence-corrected chi connectivity index (χ4v) is 3.64. The second kappa shape index (κ2) is 6.02. The van der Waals surface area contributed by atoms with Gasteiger partial charge < -0.3 is 4.74 Å². The van der Waals surface area contributed by atoms with E-state index >= 15 is 0 Å². The zero-order chi connectivity index (χ0) is 13.1. The van der Waals surface area contributed by atoms with Gasteiger partial charge >= 0.3 is 0 Å². The molecule has 0 saturated carbocycles. The number of nitrogens with zero attached hydrogens (tertiary/aromatic N) is 1. The van der Waals surface area contributed by atoms with Crippen molar-refractivity contribution in [3.63, 3.8) is 0 Å². The van der Waals surface area contributed by atoms with Gasteiger partial charge in [0.05, 0.1) is 7.11 Å². The van der Waals surface area contributed by atoms with Gasteiger partial charge in [0.1, 0.15) is 0 Å². The van der Waals surface area contributed by atoms with Gasteiger partial charge in [0.15, 0.2) is 11.6 Å². The molecule has 0 N–H and O–H groups in total. The number of ether oxygens (including phenoxy) is 1. The number of alkyl halides is 1. The summed E-state index contributed by atoms with van der Waals surface area (Å²) < 4.78 is 19.1. The maximum absolute atomic E-state index is 14.1. The third kappa shape index (κ3) is 2.69. The Labute approximate surface area is 116 Å². The first kappa shape index (κ1) is 13.8. The quantitative estimate of drug-likeness (QED) is 0.789. The molecule has 1 aromatic carbocycles. The largest absolute Gasteiger partial charge is 0.494 e. The fraction of sp³-hybridized carbons (Fsp3) is 0.571. The molecule has 0 aromatic heterocycles. The highest BCUT2D eigenvalue weighted by molar-refractivity contribution is 9.09. The second-order valence-electron chi connectivity index (χ2n) is 4.89. The predicted molar refractivity (Wildman–Crippen MR) is 74.7 cm³/mol. The van der Waals surface area contributed by atoms with Crippen LogP contribution in [0, 0.1) is 11.7 Å². The lowest BCUT2D eigenvalue weighted by Gasteiger charge is -2.25. The molecule has 2 unspecified atom stereocenters. The highest BCUT2D eigenvalue weighted by Gasteiger charge is 2.30. The first-order chi connectivity index (χ1) is 8.67. The molecule has 1 aromatic rings. The fourth-order valence-electron chi connectivity index (χ4n) is 2.59. The second-order valence-corrected chi connectivity index (χ2v) is 5.54. The lowest BCUT2D eigenvalue weighted by Crippen LogP contribution is -2.33. The van der Waals surface area contributed by atoms with E-state index in [-0.39, 0.29) is 5.82 Å². The molecule has 2 nitrogen and oxygen atoms in total. The molecule has 1 fully saturated rings. The first-order valence-electron chi connectivity index (χ1n) is 6.28. The van der Waals surface area contributed by atoms with E-state index in [1.807, 2.05) is 12.1 Å². The molecule has 0 radical (unpaired) electrons. The van der Waals surface area contributed by atoms with Crippen LogP contribution in [0.15, 0.2) is 18.2 Å². The monoisotopic (exact) mass is 315 g/mol. The summed E-state index contributed by atoms with van der Waals surface area (Å²) in [6.07, 6.45) is 1.18. The van der Waals surface area contributed by atoms with Gasteiger partial charge in [0.25, 0.3) is 0 Å². The van der Waals surface area contributed by atoms with Crippen LogP contribution in [0.1, 0.15) is 18.9 Å². The molecule has 0 bridgehead atoms. The van der Waals surface area contributed by atoms with Crippen molar-refractivity contribution in [3.05, 3.63) is 29.6 Å². The predicted octanol–water partition coefficient (Wildman–Crippen LogP) is 3.44. The summed E-state index contributed by atoms with van der Waals surface area (Å²) >= 11 is 3.56. The molecule has 1 heterocycles. The van der Waals surface area contributed by atoms with Crippen LogP contribution >= 0.6 is 15.9 Å². The minimum atomic E-state index is -0.229. The summed E-state index contributed by atoms with van der Waals surface area (Å²) in [5, 5.41) is 0.944. The van der Waals surface area contributed by atoms with Crippen LogP contribution in [0.5, 0.6) is 5.75 Å². The third-order valence-corrected chi connectivity index (χ3v) is 4.46. The maximum Gasteiger partial charge on any atom is 0.169 e. The van der Waals surface area contributed by atoms with Gasteiger partial charge in [-0.05, 0) is 24.9 Å². The number of rotatable bonds is 4. The topological polar surface area (TPSA) is 12.5 Å². The summed E-state index contributed by atoms with van der Waals surface area (Å²) in [7, 11) is 1.50. The average Bonchev–Trinajstić information content (AvgIpc) is 2.72. The lowest BCUT2D eigenvalue weighted by atomic mass is 10.0. The number of benzene rings is 1. The van der Waals surface area contributed by atoms with E-state index in [1.54, 1.807) is 6.07 Å². The molecule has 0 spiro atoms. The van der Waals surface area contributed by atoms with Crippen molar-refractivity contribution in [2.75, 3.05) is 19.0 Å². The van der Waals surface area contributed by atoms with Crippen LogP contribution in [-0.2, 0) is 6.54 Å². The zero-order valence-corrected chi connectivity index (χ0v) is 12.4. The number of methoxy groups -OCH3 is 1. The summed E-state index contributed by atoms with van der Waals surface area (Å²) in [6, 6.07) is 5.84. The van der Waals surface area contributed by atoms with E-state index in [9.17, 15) is 4.39 Å². The number of hydrogen-bond acceptors (Lipinski definition) is 2. The van der Waals surface area contributed by atoms with E-state index in [4.69, 9.17) is 4.74 Å². The van der Waals surface area contributed by atoms with Crippen molar-refractivity contribution in [2.24, 2.45) is 5.92 Å². The molecule has 2 atom stereocenters. The van der Waals surface area contributed by atoms with Crippen LogP contribution in [0.2, 0.25) is 0 Å². The molecule has 1 aliphatic heterocycles. The molecule has 0 aliphatic carbocycles. The van der Waals surface area contributed by atoms with Gasteiger partial charge in [-0.2, -0.15) is 0 Å². The SMILES string of the molecule is COc1cccc(CN2CCC(C)C2CBr)c1F. The van der Waals surface area contributed by atoms with E-state index in [2.05, 4.69) is 27.8 Å². The van der Waals surface area contributed by atoms with Crippen LogP contribution in [-0.4, -0.2) is 29.9 Å². The van der Waals surface area contributed by atoms with Crippen molar-refractivity contribution >= 4 is 15.9 Å². The van der Waals surface area contributed by atoms with E-state index in [0.717, 1.165) is 17.4 Å². The first-order valence-corrected chi connectivity index (χ1v) is 7.41. The normalized spacial score (nSPS) is 24.4. The van der Waals surface area contributed by atoms with Gasteiger partial charge in [0, 0.05) is 23.5 Å². The van der Waals surface area contributed by atoms with Crippen molar-refractivity contribution in [1.82, 2.24) is 4.90 Å². The smallest absolute Gasteiger partial charge is 0.169 e. The summed E-state index contributed by atoms with van der Waals surface area (Å²) in [5.74, 6) is 0.765. The molecular formula is C14H19BrFNO. The number of likely N-dealkylation sites (tertiary alicyclic amines) is 1. The van der Waals surface area contributed by atoms with Crippen molar-refractivity contribution in [3.8, 4) is 5.75 Å². The van der Waals surface area contributed by atoms with Gasteiger partial charge in [-0.1, -0.05) is 35.0 Å². The third-order valence-electron chi connectivity index (χ3n) is 3.79. The Morgan fingerprint density at radius 2 is 2.28 bits per heavy atom. The Balaban J connectivity index is 2.14. The molecule has 0 amide bonds. The molecular weight excluding hydrogens is 297 g/mol. The Morgan fingerprint density at radius 3 is 2.94 bits per heavy atom. The van der Waals surface area contributed by atoms with Crippen LogP contribution in [0.3, 0.4) is 0 Å². The van der Waals surface area contributed by atoms with Crippen molar-refractivity contribution in [1.29, 1.82) is 0 Å². The highest BCUT2D eigenvalue weighted by atomic mass is 79.9. The molecule has 2 rings (SSSR count). The van der Waals surface area contributed by atoms with E-state index in [1.165, 1.54) is 13.5 Å². The van der Waals surface area contributed by atoms with Gasteiger partial charge in [-0.25, -0.2) is 4.39 Å². The minimum absolute atomic E-state index is 0.229. The van der Waals surface area contributed by atoms with Crippen LogP contribution in [0.4, 0.5) is 4.39 Å². The Morgan fingerprint density at radius 1 is 1.50 bits per heavy atom. The Bertz CT molecular complexity index is 413. The summed E-state index contributed by atoms with van der Waals surface area (Å²) in [5.41, 5.74) is 0.717. The highest BCUT2D eigenvalue weighted by Crippen LogP contribution is 2.29. The Hall–Kier alpha value is -0.610. The summed E-state index contributed by atoms with van der Waals surface area (Å²) in [4.78, 5) is 2.34. The zero-order valence-electron chi connectivity index (χ0n) is 10.8. The van der Waals surface area contributed by atoms with Crippen molar-refractivity contribution in [2.45, 2.75) is 25.9 Å². The number of halogens is 2. The molecule has 1 aliphatic rings. The minimum Gasteiger partial charge on any atom is -0.494 e. The van der Waals surface area contributed by atoms with Crippen LogP contribution in [0.25, 0.3) is 0 Å². The lowest BCUT2D eigenvalue weighted by molar-refractivity contribution is 0.240. The van der Waals surface area contributed by atoms with E-state index in [0.29, 0.717) is 24.3 Å². The van der Waals surface area contributed by atoms with E-state index < -0.39 is 0 Å². The molecule has 1 saturated heterocycles. The van der Waals surface area contributed by atoms with Crippen molar-refractivity contribution < 1.29 is 9.13 Å².